The van der Waals surface area contributed by atoms with Crippen LogP contribution in [0, 0.1) is 6.92 Å². The molecule has 5 rings (SSSR count). The van der Waals surface area contributed by atoms with Gasteiger partial charge in [0, 0.05) is 11.8 Å². The van der Waals surface area contributed by atoms with Crippen LogP contribution in [0.3, 0.4) is 0 Å². The summed E-state index contributed by atoms with van der Waals surface area (Å²) in [7, 11) is 0. The van der Waals surface area contributed by atoms with Crippen molar-refractivity contribution in [2.24, 2.45) is 0 Å². The summed E-state index contributed by atoms with van der Waals surface area (Å²) in [5.74, 6) is 0.406. The Morgan fingerprint density at radius 3 is 2.69 bits per heavy atom. The van der Waals surface area contributed by atoms with Crippen LogP contribution in [0.2, 0.25) is 5.02 Å². The number of benzene rings is 2. The standard InChI is InChI=1S/C23H20ClN3O2/c1-14-17(11-15-4-6-16(7-5-15)19-3-2-10-25-27-19)12-18-21(20(14)24)29-13-23(8-9-23)26-22(18)28/h2-7,10,12H,8-9,11,13H2,1H3,(H,26,28). The third-order valence-electron chi connectivity index (χ3n) is 5.76. The van der Waals surface area contributed by atoms with Crippen molar-refractivity contribution >= 4 is 17.5 Å². The highest BCUT2D eigenvalue weighted by Gasteiger charge is 2.47. The van der Waals surface area contributed by atoms with E-state index in [1.54, 1.807) is 6.20 Å². The van der Waals surface area contributed by atoms with Crippen molar-refractivity contribution in [2.45, 2.75) is 31.7 Å². The fourth-order valence-corrected chi connectivity index (χ4v) is 3.99. The Balaban J connectivity index is 1.45. The van der Waals surface area contributed by atoms with E-state index in [2.05, 4.69) is 27.6 Å². The van der Waals surface area contributed by atoms with Crippen LogP contribution in [0.25, 0.3) is 11.3 Å². The second-order valence-electron chi connectivity index (χ2n) is 7.86. The zero-order valence-corrected chi connectivity index (χ0v) is 16.8. The Morgan fingerprint density at radius 2 is 2.00 bits per heavy atom. The molecule has 1 aliphatic carbocycles. The molecule has 2 aliphatic rings. The van der Waals surface area contributed by atoms with Crippen molar-refractivity contribution in [3.8, 4) is 17.0 Å². The maximum Gasteiger partial charge on any atom is 0.255 e. The first-order chi connectivity index (χ1) is 14.0. The molecule has 1 spiro atoms. The van der Waals surface area contributed by atoms with E-state index in [4.69, 9.17) is 16.3 Å². The third-order valence-corrected chi connectivity index (χ3v) is 6.21. The molecule has 29 heavy (non-hydrogen) atoms. The molecule has 0 radical (unpaired) electrons. The Kier molecular flexibility index (Phi) is 4.28. The largest absolute Gasteiger partial charge is 0.489 e. The predicted molar refractivity (Wildman–Crippen MR) is 111 cm³/mol. The van der Waals surface area contributed by atoms with Crippen LogP contribution in [0.1, 0.15) is 39.9 Å². The van der Waals surface area contributed by atoms with Gasteiger partial charge in [-0.15, -0.1) is 0 Å². The van der Waals surface area contributed by atoms with Crippen LogP contribution in [-0.4, -0.2) is 28.3 Å². The molecule has 2 heterocycles. The van der Waals surface area contributed by atoms with Gasteiger partial charge in [0.15, 0.2) is 5.75 Å². The summed E-state index contributed by atoms with van der Waals surface area (Å²) < 4.78 is 5.95. The summed E-state index contributed by atoms with van der Waals surface area (Å²) in [6, 6.07) is 13.9. The normalized spacial score (nSPS) is 16.6. The minimum Gasteiger partial charge on any atom is -0.489 e. The highest BCUT2D eigenvalue weighted by atomic mass is 35.5. The molecular weight excluding hydrogens is 386 g/mol. The minimum atomic E-state index is -0.205. The molecule has 0 saturated heterocycles. The quantitative estimate of drug-likeness (QED) is 0.703. The van der Waals surface area contributed by atoms with E-state index in [9.17, 15) is 4.79 Å². The fraction of sp³-hybridized carbons (Fsp3) is 0.261. The van der Waals surface area contributed by atoms with Crippen LogP contribution in [0.15, 0.2) is 48.7 Å². The summed E-state index contributed by atoms with van der Waals surface area (Å²) in [4.78, 5) is 12.8. The SMILES string of the molecule is Cc1c(Cc2ccc(-c3cccnn3)cc2)cc2c(c1Cl)OCC1(CC1)NC2=O. The Morgan fingerprint density at radius 1 is 1.21 bits per heavy atom. The van der Waals surface area contributed by atoms with Crippen molar-refractivity contribution in [3.63, 3.8) is 0 Å². The number of hydrogen-bond donors (Lipinski definition) is 1. The number of halogens is 1. The average molecular weight is 406 g/mol. The van der Waals surface area contributed by atoms with E-state index in [1.807, 2.05) is 37.3 Å². The summed E-state index contributed by atoms with van der Waals surface area (Å²) in [6.45, 7) is 2.46. The van der Waals surface area contributed by atoms with Gasteiger partial charge in [0.1, 0.15) is 6.61 Å². The van der Waals surface area contributed by atoms with E-state index >= 15 is 0 Å². The molecule has 6 heteroatoms. The number of aromatic nitrogens is 2. The Labute approximate surface area is 174 Å². The summed E-state index contributed by atoms with van der Waals surface area (Å²) >= 11 is 6.62. The second-order valence-corrected chi connectivity index (χ2v) is 8.24. The molecule has 0 unspecified atom stereocenters. The maximum atomic E-state index is 12.8. The highest BCUT2D eigenvalue weighted by molar-refractivity contribution is 6.33. The van der Waals surface area contributed by atoms with E-state index in [-0.39, 0.29) is 11.4 Å². The predicted octanol–water partition coefficient (Wildman–Crippen LogP) is 4.35. The van der Waals surface area contributed by atoms with Crippen molar-refractivity contribution in [1.82, 2.24) is 15.5 Å². The van der Waals surface area contributed by atoms with E-state index < -0.39 is 0 Å². The van der Waals surface area contributed by atoms with Crippen LogP contribution in [-0.2, 0) is 6.42 Å². The van der Waals surface area contributed by atoms with Crippen molar-refractivity contribution < 1.29 is 9.53 Å². The van der Waals surface area contributed by atoms with E-state index in [1.165, 1.54) is 0 Å². The third kappa shape index (κ3) is 3.36. The van der Waals surface area contributed by atoms with Gasteiger partial charge in [-0.2, -0.15) is 10.2 Å². The van der Waals surface area contributed by atoms with E-state index in [0.29, 0.717) is 29.4 Å². The first-order valence-corrected chi connectivity index (χ1v) is 10.1. The zero-order valence-electron chi connectivity index (χ0n) is 16.0. The van der Waals surface area contributed by atoms with Gasteiger partial charge in [-0.3, -0.25) is 4.79 Å². The number of carbonyl (C=O) groups excluding carboxylic acids is 1. The lowest BCUT2D eigenvalue weighted by molar-refractivity contribution is 0.0932. The summed E-state index contributed by atoms with van der Waals surface area (Å²) in [5, 5.41) is 11.7. The average Bonchev–Trinajstić information content (AvgIpc) is 3.52. The van der Waals surface area contributed by atoms with Gasteiger partial charge in [0.25, 0.3) is 5.91 Å². The summed E-state index contributed by atoms with van der Waals surface area (Å²) in [5.41, 5.74) is 5.27. The van der Waals surface area contributed by atoms with Crippen LogP contribution >= 0.6 is 11.6 Å². The van der Waals surface area contributed by atoms with Gasteiger partial charge in [-0.1, -0.05) is 35.9 Å². The highest BCUT2D eigenvalue weighted by Crippen LogP contribution is 2.42. The summed E-state index contributed by atoms with van der Waals surface area (Å²) in [6.07, 6.45) is 4.24. The lowest BCUT2D eigenvalue weighted by Crippen LogP contribution is -2.38. The zero-order chi connectivity index (χ0) is 20.0. The van der Waals surface area contributed by atoms with Gasteiger partial charge < -0.3 is 10.1 Å². The number of hydrogen-bond acceptors (Lipinski definition) is 4. The minimum absolute atomic E-state index is 0.101. The van der Waals surface area contributed by atoms with Crippen molar-refractivity contribution in [1.29, 1.82) is 0 Å². The van der Waals surface area contributed by atoms with E-state index in [0.717, 1.165) is 40.8 Å². The fourth-order valence-electron chi connectivity index (χ4n) is 3.71. The molecular formula is C23H20ClN3O2. The number of rotatable bonds is 3. The van der Waals surface area contributed by atoms with Gasteiger partial charge in [-0.05, 0) is 61.1 Å². The molecule has 2 aromatic carbocycles. The van der Waals surface area contributed by atoms with Crippen LogP contribution in [0.4, 0.5) is 0 Å². The number of nitrogens with zero attached hydrogens (tertiary/aromatic N) is 2. The molecule has 3 aromatic rings. The van der Waals surface area contributed by atoms with Gasteiger partial charge in [-0.25, -0.2) is 0 Å². The maximum absolute atomic E-state index is 12.8. The molecule has 1 N–H and O–H groups in total. The van der Waals surface area contributed by atoms with Crippen LogP contribution in [0.5, 0.6) is 5.75 Å². The molecule has 0 bridgehead atoms. The van der Waals surface area contributed by atoms with Gasteiger partial charge >= 0.3 is 0 Å². The first-order valence-electron chi connectivity index (χ1n) is 9.69. The molecule has 1 aliphatic heterocycles. The molecule has 1 fully saturated rings. The molecule has 0 atom stereocenters. The van der Waals surface area contributed by atoms with Crippen molar-refractivity contribution in [3.05, 3.63) is 75.9 Å². The molecule has 146 valence electrons. The smallest absolute Gasteiger partial charge is 0.255 e. The molecule has 1 amide bonds. The molecule has 5 nitrogen and oxygen atoms in total. The number of nitrogens with one attached hydrogen (secondary N) is 1. The van der Waals surface area contributed by atoms with Gasteiger partial charge in [0.05, 0.1) is 21.8 Å². The number of fused-ring (bicyclic) bond motifs is 1. The number of ether oxygens (including phenoxy) is 1. The Hall–Kier alpha value is -2.92. The van der Waals surface area contributed by atoms with Gasteiger partial charge in [0.2, 0.25) is 0 Å². The number of amides is 1. The Bertz CT molecular complexity index is 1090. The van der Waals surface area contributed by atoms with Crippen molar-refractivity contribution in [2.75, 3.05) is 6.61 Å². The second kappa shape index (κ2) is 6.85. The molecule has 1 aromatic heterocycles. The number of carbonyl (C=O) groups is 1. The van der Waals surface area contributed by atoms with Crippen LogP contribution < -0.4 is 10.1 Å². The topological polar surface area (TPSA) is 64.1 Å². The monoisotopic (exact) mass is 405 g/mol. The first kappa shape index (κ1) is 18.1. The lowest BCUT2D eigenvalue weighted by Gasteiger charge is -2.15. The lowest BCUT2D eigenvalue weighted by atomic mass is 9.96. The molecule has 1 saturated carbocycles.